The van der Waals surface area contributed by atoms with Gasteiger partial charge in [-0.15, -0.1) is 0 Å². The molecule has 9 rings (SSSR count). The predicted molar refractivity (Wildman–Crippen MR) is 324 cm³/mol. The second-order valence-corrected chi connectivity index (χ2v) is 29.1. The van der Waals surface area contributed by atoms with E-state index in [4.69, 9.17) is 0 Å². The summed E-state index contributed by atoms with van der Waals surface area (Å²) in [4.78, 5) is 47.7. The Morgan fingerprint density at radius 3 is 1.08 bits per heavy atom. The Morgan fingerprint density at radius 1 is 0.368 bits per heavy atom. The second-order valence-electron chi connectivity index (χ2n) is 29.1. The second kappa shape index (κ2) is 29.6. The molecule has 0 atom stereocenters. The lowest BCUT2D eigenvalue weighted by Gasteiger charge is -2.51. The standard InChI is InChI=1S/2C12H20N4.C12H23N.C9H17NO.2C9H19N/c1-12(2,3)16-8-6-15(7-9-16)11-10-13-4-5-14-11;1-12(2,3)16-9-7-15(8-10-16)11-13-5-4-6-14-11;1-11(2,3)13-9-7-12(8-10-13)5-4-6-12;1-9(2,3)10-6-4-5-8(11)7-10;2*1-9(2,3)10-7-5-4-6-8-10/h4-5,10H,6-9H2,1-3H3;4-6H,7-10H2,1-3H3;4-10H2,1-3H3;4-7H2,1-3H3;2*4-8H2,1-3H3. The zero-order valence-corrected chi connectivity index (χ0v) is 52.7. The van der Waals surface area contributed by atoms with Gasteiger partial charge < -0.3 is 9.80 Å². The molecule has 0 unspecified atom stereocenters. The van der Waals surface area contributed by atoms with Crippen molar-refractivity contribution < 1.29 is 4.79 Å². The van der Waals surface area contributed by atoms with E-state index in [0.717, 1.165) is 88.9 Å². The molecule has 8 heterocycles. The molecular weight excluding hydrogens is 941 g/mol. The first-order chi connectivity index (χ1) is 35.4. The Hall–Kier alpha value is -2.81. The summed E-state index contributed by atoms with van der Waals surface area (Å²) in [5.74, 6) is 2.25. The normalized spacial score (nSPS) is 22.2. The molecule has 7 fully saturated rings. The van der Waals surface area contributed by atoms with Gasteiger partial charge >= 0.3 is 0 Å². The van der Waals surface area contributed by atoms with E-state index in [1.54, 1.807) is 24.8 Å². The van der Waals surface area contributed by atoms with Gasteiger partial charge in [0.15, 0.2) is 0 Å². The van der Waals surface area contributed by atoms with Gasteiger partial charge in [-0.05, 0) is 240 Å². The van der Waals surface area contributed by atoms with Crippen molar-refractivity contribution in [1.82, 2.24) is 49.3 Å². The molecule has 0 amide bonds. The fourth-order valence-corrected chi connectivity index (χ4v) is 11.5. The molecule has 13 nitrogen and oxygen atoms in total. The summed E-state index contributed by atoms with van der Waals surface area (Å²) in [7, 11) is 0. The highest BCUT2D eigenvalue weighted by molar-refractivity contribution is 5.81. The van der Waals surface area contributed by atoms with Gasteiger partial charge in [0.1, 0.15) is 11.6 Å². The predicted octanol–water partition coefficient (Wildman–Crippen LogP) is 11.8. The van der Waals surface area contributed by atoms with Crippen LogP contribution in [0.4, 0.5) is 11.8 Å². The Morgan fingerprint density at radius 2 is 0.750 bits per heavy atom. The Kier molecular flexibility index (Phi) is 25.6. The molecule has 0 aromatic carbocycles. The third-order valence-electron chi connectivity index (χ3n) is 17.2. The number of Topliss-reactive ketones (excluding diaryl/α,β-unsaturated/α-hetero) is 1. The lowest BCUT2D eigenvalue weighted by atomic mass is 9.63. The average Bonchev–Trinajstić information content (AvgIpc) is 3.36. The van der Waals surface area contributed by atoms with E-state index in [1.165, 1.54) is 110 Å². The summed E-state index contributed by atoms with van der Waals surface area (Å²) in [5, 5.41) is 0. The first-order valence-electron chi connectivity index (χ1n) is 30.4. The van der Waals surface area contributed by atoms with E-state index in [9.17, 15) is 4.79 Å². The van der Waals surface area contributed by atoms with Crippen LogP contribution in [0.25, 0.3) is 0 Å². The summed E-state index contributed by atoms with van der Waals surface area (Å²) < 4.78 is 0. The van der Waals surface area contributed by atoms with Crippen molar-refractivity contribution in [2.24, 2.45) is 5.41 Å². The minimum absolute atomic E-state index is 0.163. The molecule has 7 aliphatic rings. The molecule has 0 radical (unpaired) electrons. The monoisotopic (exact) mass is 1060 g/mol. The van der Waals surface area contributed by atoms with Crippen molar-refractivity contribution in [3.8, 4) is 0 Å². The third kappa shape index (κ3) is 23.1. The van der Waals surface area contributed by atoms with Crippen LogP contribution >= 0.6 is 0 Å². The molecule has 436 valence electrons. The smallest absolute Gasteiger partial charge is 0.225 e. The van der Waals surface area contributed by atoms with Crippen molar-refractivity contribution in [1.29, 1.82) is 0 Å². The molecule has 6 saturated heterocycles. The highest BCUT2D eigenvalue weighted by Gasteiger charge is 2.41. The Labute approximate surface area is 468 Å². The highest BCUT2D eigenvalue weighted by atomic mass is 16.1. The molecule has 1 saturated carbocycles. The van der Waals surface area contributed by atoms with Crippen molar-refractivity contribution in [3.05, 3.63) is 37.1 Å². The van der Waals surface area contributed by atoms with Gasteiger partial charge in [-0.2, -0.15) is 0 Å². The first-order valence-corrected chi connectivity index (χ1v) is 30.4. The molecule has 6 aliphatic heterocycles. The molecule has 2 aromatic heterocycles. The number of ketones is 1. The highest BCUT2D eigenvalue weighted by Crippen LogP contribution is 2.49. The minimum atomic E-state index is 0.163. The molecule has 76 heavy (non-hydrogen) atoms. The number of aromatic nitrogens is 4. The van der Waals surface area contributed by atoms with Crippen molar-refractivity contribution >= 4 is 17.5 Å². The van der Waals surface area contributed by atoms with Gasteiger partial charge in [-0.3, -0.25) is 39.2 Å². The van der Waals surface area contributed by atoms with Crippen LogP contribution in [-0.4, -0.2) is 193 Å². The van der Waals surface area contributed by atoms with Crippen LogP contribution in [0.5, 0.6) is 0 Å². The fraction of sp³-hybridized carbons (Fsp3) is 0.857. The zero-order chi connectivity index (χ0) is 56.4. The van der Waals surface area contributed by atoms with Crippen LogP contribution in [-0.2, 0) is 4.79 Å². The number of hydrogen-bond donors (Lipinski definition) is 0. The molecule has 2 aromatic rings. The number of likely N-dealkylation sites (tertiary alicyclic amines) is 4. The molecule has 1 spiro atoms. The average molecular weight is 1060 g/mol. The Balaban J connectivity index is 0.000000199. The van der Waals surface area contributed by atoms with Crippen LogP contribution in [0.2, 0.25) is 0 Å². The van der Waals surface area contributed by atoms with Gasteiger partial charge in [0.2, 0.25) is 5.95 Å². The Bertz CT molecular complexity index is 1770. The lowest BCUT2D eigenvalue weighted by Crippen LogP contribution is -2.53. The quantitative estimate of drug-likeness (QED) is 0.286. The van der Waals surface area contributed by atoms with Crippen LogP contribution in [0.15, 0.2) is 37.1 Å². The fourth-order valence-electron chi connectivity index (χ4n) is 11.5. The van der Waals surface area contributed by atoms with Crippen molar-refractivity contribution in [2.75, 3.05) is 115 Å². The number of hydrogen-bond acceptors (Lipinski definition) is 13. The molecule has 13 heteroatoms. The van der Waals surface area contributed by atoms with Crippen LogP contribution < -0.4 is 9.80 Å². The van der Waals surface area contributed by atoms with Gasteiger partial charge in [0, 0.05) is 117 Å². The van der Waals surface area contributed by atoms with Crippen LogP contribution in [0, 0.1) is 5.41 Å². The number of carbonyl (C=O) groups excluding carboxylic acids is 1. The zero-order valence-electron chi connectivity index (χ0n) is 52.7. The maximum absolute atomic E-state index is 11.1. The first kappa shape index (κ1) is 65.7. The maximum Gasteiger partial charge on any atom is 0.225 e. The number of nitrogens with zero attached hydrogens (tertiary/aromatic N) is 12. The summed E-state index contributed by atoms with van der Waals surface area (Å²) in [6.45, 7) is 59.0. The number of piperidine rings is 4. The number of carbonyl (C=O) groups is 1. The summed E-state index contributed by atoms with van der Waals surface area (Å²) in [6, 6.07) is 1.86. The van der Waals surface area contributed by atoms with E-state index < -0.39 is 0 Å². The number of anilines is 2. The third-order valence-corrected chi connectivity index (χ3v) is 17.2. The van der Waals surface area contributed by atoms with E-state index in [2.05, 4.69) is 184 Å². The van der Waals surface area contributed by atoms with E-state index >= 15 is 0 Å². The molecule has 0 bridgehead atoms. The number of rotatable bonds is 2. The summed E-state index contributed by atoms with van der Waals surface area (Å²) in [6.07, 6.45) is 26.7. The SMILES string of the molecule is CC(C)(C)N1CCC2(CCC2)CC1.CC(C)(C)N1CCCC(=O)C1.CC(C)(C)N1CCCCC1.CC(C)(C)N1CCCCC1.CC(C)(C)N1CCN(c2cnccn2)CC1.CC(C)(C)N1CCN(c2ncccn2)CC1. The molecule has 1 aliphatic carbocycles. The lowest BCUT2D eigenvalue weighted by molar-refractivity contribution is -0.123. The minimum Gasteiger partial charge on any atom is -0.353 e. The van der Waals surface area contributed by atoms with E-state index in [-0.39, 0.29) is 16.6 Å². The van der Waals surface area contributed by atoms with E-state index in [1.807, 2.05) is 12.3 Å². The van der Waals surface area contributed by atoms with Crippen LogP contribution in [0.3, 0.4) is 0 Å². The van der Waals surface area contributed by atoms with Crippen molar-refractivity contribution in [2.45, 2.75) is 241 Å². The van der Waals surface area contributed by atoms with E-state index in [0.29, 0.717) is 28.9 Å². The van der Waals surface area contributed by atoms with Crippen molar-refractivity contribution in [3.63, 3.8) is 0 Å². The van der Waals surface area contributed by atoms with Crippen LogP contribution in [0.1, 0.15) is 208 Å². The van der Waals surface area contributed by atoms with Gasteiger partial charge in [-0.1, -0.05) is 19.3 Å². The molecular formula is C63H118N12O. The molecule has 0 N–H and O–H groups in total. The summed E-state index contributed by atoms with van der Waals surface area (Å²) in [5.41, 5.74) is 2.71. The van der Waals surface area contributed by atoms with Gasteiger partial charge in [-0.25, -0.2) is 15.0 Å². The van der Waals surface area contributed by atoms with Gasteiger partial charge in [0.05, 0.1) is 12.7 Å². The van der Waals surface area contributed by atoms with Gasteiger partial charge in [0.25, 0.3) is 0 Å². The number of piperazine rings is 2. The topological polar surface area (TPSA) is 94.5 Å². The largest absolute Gasteiger partial charge is 0.353 e. The maximum atomic E-state index is 11.1. The summed E-state index contributed by atoms with van der Waals surface area (Å²) >= 11 is 0.